The summed E-state index contributed by atoms with van der Waals surface area (Å²) >= 11 is 5.87. The Bertz CT molecular complexity index is 623. The van der Waals surface area contributed by atoms with Gasteiger partial charge in [-0.25, -0.2) is 4.79 Å². The van der Waals surface area contributed by atoms with Crippen LogP contribution in [0.4, 0.5) is 0 Å². The van der Waals surface area contributed by atoms with E-state index in [9.17, 15) is 9.00 Å². The summed E-state index contributed by atoms with van der Waals surface area (Å²) in [6.45, 7) is 0. The topological polar surface area (TPSA) is 54.4 Å². The Hall–Kier alpha value is -1.65. The maximum Gasteiger partial charge on any atom is 0.335 e. The van der Waals surface area contributed by atoms with Crippen molar-refractivity contribution in [3.63, 3.8) is 0 Å². The fraction of sp³-hybridized carbons (Fsp3) is 0.0714. The maximum absolute atomic E-state index is 12.1. The number of halogens is 1. The summed E-state index contributed by atoms with van der Waals surface area (Å²) in [5.41, 5.74) is 1.07. The van der Waals surface area contributed by atoms with Gasteiger partial charge in [0.15, 0.2) is 0 Å². The SMILES string of the molecule is O=C(O)c1ccc(S(=O)Cc2cccc(Cl)c2)cc1. The van der Waals surface area contributed by atoms with Crippen LogP contribution in [-0.4, -0.2) is 15.3 Å². The van der Waals surface area contributed by atoms with Crippen LogP contribution in [0.5, 0.6) is 0 Å². The Labute approximate surface area is 118 Å². The molecule has 2 aromatic rings. The fourth-order valence-corrected chi connectivity index (χ4v) is 2.91. The second kappa shape index (κ2) is 5.99. The van der Waals surface area contributed by atoms with Crippen LogP contribution >= 0.6 is 11.6 Å². The molecule has 0 radical (unpaired) electrons. The number of benzene rings is 2. The maximum atomic E-state index is 12.1. The summed E-state index contributed by atoms with van der Waals surface area (Å²) in [6.07, 6.45) is 0. The lowest BCUT2D eigenvalue weighted by Crippen LogP contribution is -1.99. The largest absolute Gasteiger partial charge is 0.478 e. The van der Waals surface area contributed by atoms with E-state index in [0.29, 0.717) is 15.7 Å². The van der Waals surface area contributed by atoms with Crippen LogP contribution in [0.15, 0.2) is 53.4 Å². The lowest BCUT2D eigenvalue weighted by molar-refractivity contribution is 0.0697. The Kier molecular flexibility index (Phi) is 4.35. The van der Waals surface area contributed by atoms with E-state index >= 15 is 0 Å². The van der Waals surface area contributed by atoms with Crippen molar-refractivity contribution < 1.29 is 14.1 Å². The highest BCUT2D eigenvalue weighted by molar-refractivity contribution is 7.84. The number of hydrogen-bond acceptors (Lipinski definition) is 2. The van der Waals surface area contributed by atoms with Crippen LogP contribution in [0.2, 0.25) is 5.02 Å². The monoisotopic (exact) mass is 294 g/mol. The smallest absolute Gasteiger partial charge is 0.335 e. The fourth-order valence-electron chi connectivity index (χ4n) is 1.61. The molecule has 0 amide bonds. The third-order valence-corrected chi connectivity index (χ3v) is 4.18. The minimum absolute atomic E-state index is 0.184. The lowest BCUT2D eigenvalue weighted by atomic mass is 10.2. The van der Waals surface area contributed by atoms with Gasteiger partial charge in [-0.1, -0.05) is 23.7 Å². The number of carbonyl (C=O) groups is 1. The van der Waals surface area contributed by atoms with E-state index < -0.39 is 16.8 Å². The van der Waals surface area contributed by atoms with Crippen molar-refractivity contribution in [3.05, 3.63) is 64.7 Å². The standard InChI is InChI=1S/C14H11ClO3S/c15-12-3-1-2-10(8-12)9-19(18)13-6-4-11(5-7-13)14(16)17/h1-8H,9H2,(H,16,17). The molecule has 2 aromatic carbocycles. The molecule has 1 unspecified atom stereocenters. The normalized spacial score (nSPS) is 12.1. The van der Waals surface area contributed by atoms with Crippen molar-refractivity contribution >= 4 is 28.4 Å². The predicted molar refractivity (Wildman–Crippen MR) is 75.0 cm³/mol. The molecule has 19 heavy (non-hydrogen) atoms. The average molecular weight is 295 g/mol. The summed E-state index contributed by atoms with van der Waals surface area (Å²) < 4.78 is 12.1. The Morgan fingerprint density at radius 3 is 2.42 bits per heavy atom. The number of aromatic carboxylic acids is 1. The van der Waals surface area contributed by atoms with Gasteiger partial charge in [0.05, 0.1) is 22.1 Å². The first-order chi connectivity index (χ1) is 9.06. The van der Waals surface area contributed by atoms with Crippen LogP contribution < -0.4 is 0 Å². The van der Waals surface area contributed by atoms with Crippen LogP contribution in [0.3, 0.4) is 0 Å². The van der Waals surface area contributed by atoms with E-state index in [4.69, 9.17) is 16.7 Å². The highest BCUT2D eigenvalue weighted by Gasteiger charge is 2.07. The first-order valence-electron chi connectivity index (χ1n) is 5.52. The van der Waals surface area contributed by atoms with Crippen LogP contribution in [-0.2, 0) is 16.6 Å². The summed E-state index contributed by atoms with van der Waals surface area (Å²) in [4.78, 5) is 11.3. The quantitative estimate of drug-likeness (QED) is 0.941. The molecular formula is C14H11ClO3S. The van der Waals surface area contributed by atoms with Gasteiger partial charge in [0.1, 0.15) is 0 Å². The number of carboxylic acid groups (broad SMARTS) is 1. The average Bonchev–Trinajstić information content (AvgIpc) is 2.39. The van der Waals surface area contributed by atoms with Gasteiger partial charge in [-0.15, -0.1) is 0 Å². The third-order valence-electron chi connectivity index (χ3n) is 2.55. The van der Waals surface area contributed by atoms with Gasteiger partial charge in [-0.05, 0) is 42.0 Å². The molecule has 0 fully saturated rings. The van der Waals surface area contributed by atoms with Gasteiger partial charge in [-0.2, -0.15) is 0 Å². The molecular weight excluding hydrogens is 284 g/mol. The molecule has 0 bridgehead atoms. The molecule has 0 saturated carbocycles. The van der Waals surface area contributed by atoms with Crippen molar-refractivity contribution in [3.8, 4) is 0 Å². The predicted octanol–water partition coefficient (Wildman–Crippen LogP) is 3.35. The number of carboxylic acids is 1. The molecule has 1 atom stereocenters. The second-order valence-corrected chi connectivity index (χ2v) is 5.84. The minimum Gasteiger partial charge on any atom is -0.478 e. The van der Waals surface area contributed by atoms with Crippen molar-refractivity contribution in [2.24, 2.45) is 0 Å². The molecule has 2 rings (SSSR count). The van der Waals surface area contributed by atoms with E-state index in [1.807, 2.05) is 12.1 Å². The molecule has 3 nitrogen and oxygen atoms in total. The molecule has 0 aliphatic rings. The summed E-state index contributed by atoms with van der Waals surface area (Å²) in [5, 5.41) is 9.40. The van der Waals surface area contributed by atoms with Gasteiger partial charge in [0.2, 0.25) is 0 Å². The highest BCUT2D eigenvalue weighted by atomic mass is 35.5. The van der Waals surface area contributed by atoms with Gasteiger partial charge < -0.3 is 5.11 Å². The van der Waals surface area contributed by atoms with Gasteiger partial charge in [0, 0.05) is 9.92 Å². The van der Waals surface area contributed by atoms with E-state index in [2.05, 4.69) is 0 Å². The zero-order valence-electron chi connectivity index (χ0n) is 9.88. The molecule has 1 N–H and O–H groups in total. The molecule has 0 saturated heterocycles. The van der Waals surface area contributed by atoms with E-state index in [-0.39, 0.29) is 5.56 Å². The zero-order chi connectivity index (χ0) is 13.8. The zero-order valence-corrected chi connectivity index (χ0v) is 11.4. The molecule has 0 aliphatic carbocycles. The van der Waals surface area contributed by atoms with Crippen molar-refractivity contribution in [1.29, 1.82) is 0 Å². The van der Waals surface area contributed by atoms with Crippen LogP contribution in [0.1, 0.15) is 15.9 Å². The molecule has 98 valence electrons. The second-order valence-electron chi connectivity index (χ2n) is 3.95. The van der Waals surface area contributed by atoms with Crippen molar-refractivity contribution in [1.82, 2.24) is 0 Å². The molecule has 0 aliphatic heterocycles. The van der Waals surface area contributed by atoms with Crippen molar-refractivity contribution in [2.45, 2.75) is 10.6 Å². The molecule has 0 spiro atoms. The first kappa shape index (κ1) is 13.8. The van der Waals surface area contributed by atoms with E-state index in [1.165, 1.54) is 12.1 Å². The van der Waals surface area contributed by atoms with Gasteiger partial charge >= 0.3 is 5.97 Å². The highest BCUT2D eigenvalue weighted by Crippen LogP contribution is 2.16. The third kappa shape index (κ3) is 3.66. The van der Waals surface area contributed by atoms with Gasteiger partial charge in [-0.3, -0.25) is 4.21 Å². The molecule has 0 aromatic heterocycles. The van der Waals surface area contributed by atoms with Crippen LogP contribution in [0.25, 0.3) is 0 Å². The Morgan fingerprint density at radius 1 is 1.16 bits per heavy atom. The number of rotatable bonds is 4. The van der Waals surface area contributed by atoms with E-state index in [0.717, 1.165) is 5.56 Å². The minimum atomic E-state index is -1.22. The van der Waals surface area contributed by atoms with E-state index in [1.54, 1.807) is 24.3 Å². The Morgan fingerprint density at radius 2 is 1.84 bits per heavy atom. The molecule has 5 heteroatoms. The first-order valence-corrected chi connectivity index (χ1v) is 7.22. The summed E-state index contributed by atoms with van der Waals surface area (Å²) in [6, 6.07) is 13.2. The Balaban J connectivity index is 2.14. The van der Waals surface area contributed by atoms with Gasteiger partial charge in [0.25, 0.3) is 0 Å². The lowest BCUT2D eigenvalue weighted by Gasteiger charge is -2.04. The van der Waals surface area contributed by atoms with Crippen molar-refractivity contribution in [2.75, 3.05) is 0 Å². The molecule has 0 heterocycles. The summed E-state index contributed by atoms with van der Waals surface area (Å²) in [7, 11) is -1.22. The summed E-state index contributed by atoms with van der Waals surface area (Å²) in [5.74, 6) is -0.639. The number of hydrogen-bond donors (Lipinski definition) is 1. The van der Waals surface area contributed by atoms with Crippen LogP contribution in [0, 0.1) is 0 Å².